The summed E-state index contributed by atoms with van der Waals surface area (Å²) >= 11 is 0. The Morgan fingerprint density at radius 3 is 2.64 bits per heavy atom. The minimum Gasteiger partial charge on any atom is -0.508 e. The van der Waals surface area contributed by atoms with Crippen LogP contribution in [0.1, 0.15) is 5.56 Å². The molecule has 1 heterocycles. The quantitative estimate of drug-likeness (QED) is 0.749. The lowest BCUT2D eigenvalue weighted by Gasteiger charge is -2.09. The molecule has 3 nitrogen and oxygen atoms in total. The average molecular weight is 304 g/mol. The average Bonchev–Trinajstić information content (AvgIpc) is 2.93. The topological polar surface area (TPSA) is 38.0 Å². The summed E-state index contributed by atoms with van der Waals surface area (Å²) in [5.74, 6) is -3.75. The lowest BCUT2D eigenvalue weighted by molar-refractivity contribution is 0.448. The molecular weight excluding hydrogens is 293 g/mol. The number of halogens is 3. The number of aromatic nitrogens is 2. The van der Waals surface area contributed by atoms with Crippen LogP contribution in [0.25, 0.3) is 11.4 Å². The van der Waals surface area contributed by atoms with Crippen LogP contribution in [0.3, 0.4) is 0 Å². The van der Waals surface area contributed by atoms with Gasteiger partial charge in [-0.05, 0) is 29.8 Å². The number of hydrogen-bond donors (Lipinski definition) is 1. The van der Waals surface area contributed by atoms with Gasteiger partial charge in [-0.25, -0.2) is 18.2 Å². The van der Waals surface area contributed by atoms with Crippen molar-refractivity contribution in [2.75, 3.05) is 0 Å². The van der Waals surface area contributed by atoms with Gasteiger partial charge in [0, 0.05) is 18.9 Å². The fourth-order valence-electron chi connectivity index (χ4n) is 2.23. The van der Waals surface area contributed by atoms with Crippen LogP contribution in [0, 0.1) is 17.5 Å². The second kappa shape index (κ2) is 5.55. The van der Waals surface area contributed by atoms with Crippen molar-refractivity contribution in [2.45, 2.75) is 6.54 Å². The molecule has 0 atom stereocenters. The zero-order chi connectivity index (χ0) is 15.7. The lowest BCUT2D eigenvalue weighted by Crippen LogP contribution is -2.03. The number of imidazole rings is 1. The first kappa shape index (κ1) is 14.2. The van der Waals surface area contributed by atoms with Gasteiger partial charge in [0.1, 0.15) is 11.6 Å². The lowest BCUT2D eigenvalue weighted by atomic mass is 10.1. The van der Waals surface area contributed by atoms with E-state index >= 15 is 0 Å². The molecule has 0 bridgehead atoms. The monoisotopic (exact) mass is 304 g/mol. The number of aromatic hydroxyl groups is 1. The molecule has 0 saturated heterocycles. The number of phenolic OH excluding ortho intramolecular Hbond substituents is 1. The van der Waals surface area contributed by atoms with Crippen LogP contribution in [-0.4, -0.2) is 14.7 Å². The van der Waals surface area contributed by atoms with Crippen molar-refractivity contribution < 1.29 is 18.3 Å². The predicted octanol–water partition coefficient (Wildman–Crippen LogP) is 3.72. The SMILES string of the molecule is Oc1cccc(Cn2ccnc2-c2ccc(F)c(F)c2F)c1. The predicted molar refractivity (Wildman–Crippen MR) is 74.7 cm³/mol. The standard InChI is InChI=1S/C16H11F3N2O/c17-13-5-4-12(14(18)15(13)19)16-20-6-7-21(16)9-10-2-1-3-11(22)8-10/h1-8,22H,9H2. The minimum atomic E-state index is -1.52. The van der Waals surface area contributed by atoms with Gasteiger partial charge in [0.25, 0.3) is 0 Å². The van der Waals surface area contributed by atoms with Crippen molar-refractivity contribution >= 4 is 0 Å². The molecule has 0 fully saturated rings. The first-order valence-corrected chi connectivity index (χ1v) is 6.49. The molecule has 22 heavy (non-hydrogen) atoms. The van der Waals surface area contributed by atoms with Crippen molar-refractivity contribution in [3.63, 3.8) is 0 Å². The Morgan fingerprint density at radius 1 is 1.05 bits per heavy atom. The first-order valence-electron chi connectivity index (χ1n) is 6.49. The number of benzene rings is 2. The summed E-state index contributed by atoms with van der Waals surface area (Å²) in [7, 11) is 0. The van der Waals surface area contributed by atoms with E-state index in [1.807, 2.05) is 0 Å². The molecule has 1 aromatic heterocycles. The molecule has 0 saturated carbocycles. The highest BCUT2D eigenvalue weighted by molar-refractivity contribution is 5.57. The summed E-state index contributed by atoms with van der Waals surface area (Å²) in [6.07, 6.45) is 3.04. The Balaban J connectivity index is 2.01. The highest BCUT2D eigenvalue weighted by atomic mass is 19.2. The van der Waals surface area contributed by atoms with E-state index < -0.39 is 17.5 Å². The van der Waals surface area contributed by atoms with Crippen LogP contribution in [0.4, 0.5) is 13.2 Å². The molecule has 6 heteroatoms. The molecule has 0 amide bonds. The van der Waals surface area contributed by atoms with Gasteiger partial charge in [-0.15, -0.1) is 0 Å². The minimum absolute atomic E-state index is 0.109. The molecule has 0 radical (unpaired) electrons. The van der Waals surface area contributed by atoms with Crippen LogP contribution >= 0.6 is 0 Å². The van der Waals surface area contributed by atoms with Gasteiger partial charge in [0.05, 0.1) is 5.56 Å². The molecule has 0 spiro atoms. The first-order chi connectivity index (χ1) is 10.6. The fourth-order valence-corrected chi connectivity index (χ4v) is 2.23. The Labute approximate surface area is 124 Å². The van der Waals surface area contributed by atoms with Crippen molar-refractivity contribution in [2.24, 2.45) is 0 Å². The summed E-state index contributed by atoms with van der Waals surface area (Å²) in [5, 5.41) is 9.46. The van der Waals surface area contributed by atoms with E-state index in [-0.39, 0.29) is 17.1 Å². The van der Waals surface area contributed by atoms with Crippen molar-refractivity contribution in [1.29, 1.82) is 0 Å². The molecule has 0 unspecified atom stereocenters. The van der Waals surface area contributed by atoms with Gasteiger partial charge in [-0.1, -0.05) is 12.1 Å². The second-order valence-electron chi connectivity index (χ2n) is 4.77. The summed E-state index contributed by atoms with van der Waals surface area (Å²) < 4.78 is 41.9. The van der Waals surface area contributed by atoms with Gasteiger partial charge in [0.15, 0.2) is 17.5 Å². The maximum Gasteiger partial charge on any atom is 0.195 e. The highest BCUT2D eigenvalue weighted by Crippen LogP contribution is 2.25. The number of hydrogen-bond acceptors (Lipinski definition) is 2. The smallest absolute Gasteiger partial charge is 0.195 e. The molecule has 0 aliphatic heterocycles. The Bertz CT molecular complexity index is 830. The van der Waals surface area contributed by atoms with E-state index in [0.29, 0.717) is 6.54 Å². The molecule has 1 N–H and O–H groups in total. The zero-order valence-electron chi connectivity index (χ0n) is 11.3. The van der Waals surface area contributed by atoms with Crippen LogP contribution in [-0.2, 0) is 6.54 Å². The third-order valence-electron chi connectivity index (χ3n) is 3.26. The molecule has 0 aliphatic carbocycles. The van der Waals surface area contributed by atoms with Gasteiger partial charge >= 0.3 is 0 Å². The van der Waals surface area contributed by atoms with Gasteiger partial charge in [0.2, 0.25) is 0 Å². The molecule has 2 aromatic carbocycles. The van der Waals surface area contributed by atoms with Crippen LogP contribution in [0.2, 0.25) is 0 Å². The number of phenols is 1. The van der Waals surface area contributed by atoms with Gasteiger partial charge in [-0.2, -0.15) is 0 Å². The van der Waals surface area contributed by atoms with E-state index in [1.54, 1.807) is 29.0 Å². The summed E-state index contributed by atoms with van der Waals surface area (Å²) in [5.41, 5.74) is 0.645. The molecule has 3 rings (SSSR count). The zero-order valence-corrected chi connectivity index (χ0v) is 11.3. The number of rotatable bonds is 3. The van der Waals surface area contributed by atoms with Crippen LogP contribution in [0.5, 0.6) is 5.75 Å². The van der Waals surface area contributed by atoms with E-state index in [9.17, 15) is 18.3 Å². The van der Waals surface area contributed by atoms with Crippen LogP contribution in [0.15, 0.2) is 48.8 Å². The Hall–Kier alpha value is -2.76. The largest absolute Gasteiger partial charge is 0.508 e. The number of nitrogens with zero attached hydrogens (tertiary/aromatic N) is 2. The summed E-state index contributed by atoms with van der Waals surface area (Å²) in [6, 6.07) is 8.57. The van der Waals surface area contributed by atoms with Crippen LogP contribution < -0.4 is 0 Å². The second-order valence-corrected chi connectivity index (χ2v) is 4.77. The maximum atomic E-state index is 13.9. The molecule has 112 valence electrons. The fraction of sp³-hybridized carbons (Fsp3) is 0.0625. The maximum absolute atomic E-state index is 13.9. The normalized spacial score (nSPS) is 10.9. The van der Waals surface area contributed by atoms with E-state index in [1.165, 1.54) is 12.3 Å². The summed E-state index contributed by atoms with van der Waals surface area (Å²) in [4.78, 5) is 4.01. The molecule has 0 aliphatic rings. The third-order valence-corrected chi connectivity index (χ3v) is 3.26. The molecule has 3 aromatic rings. The van der Waals surface area contributed by atoms with E-state index in [2.05, 4.69) is 4.98 Å². The molecular formula is C16H11F3N2O. The highest BCUT2D eigenvalue weighted by Gasteiger charge is 2.18. The van der Waals surface area contributed by atoms with E-state index in [4.69, 9.17) is 0 Å². The summed E-state index contributed by atoms with van der Waals surface area (Å²) in [6.45, 7) is 0.308. The third kappa shape index (κ3) is 2.55. The van der Waals surface area contributed by atoms with E-state index in [0.717, 1.165) is 17.7 Å². The Morgan fingerprint density at radius 2 is 1.86 bits per heavy atom. The van der Waals surface area contributed by atoms with Crippen molar-refractivity contribution in [1.82, 2.24) is 9.55 Å². The Kier molecular flexibility index (Phi) is 3.58. The van der Waals surface area contributed by atoms with Crippen molar-refractivity contribution in [3.05, 3.63) is 71.8 Å². The van der Waals surface area contributed by atoms with Gasteiger partial charge < -0.3 is 9.67 Å². The van der Waals surface area contributed by atoms with Crippen molar-refractivity contribution in [3.8, 4) is 17.1 Å². The van der Waals surface area contributed by atoms with Gasteiger partial charge in [-0.3, -0.25) is 0 Å².